The summed E-state index contributed by atoms with van der Waals surface area (Å²) in [5.41, 5.74) is 2.30. The second-order valence-corrected chi connectivity index (χ2v) is 14.2. The number of rotatable bonds is 8. The average molecular weight is 444 g/mol. The zero-order valence-electron chi connectivity index (χ0n) is 19.1. The fraction of sp³-hybridized carbons (Fsp3) is 0.480. The highest BCUT2D eigenvalue weighted by molar-refractivity contribution is 6.74. The fourth-order valence-corrected chi connectivity index (χ4v) is 4.21. The predicted octanol–water partition coefficient (Wildman–Crippen LogP) is 7.22. The summed E-state index contributed by atoms with van der Waals surface area (Å²) in [6.45, 7) is 11.4. The minimum Gasteiger partial charge on any atom is -0.497 e. The number of aromatic nitrogens is 1. The lowest BCUT2D eigenvalue weighted by Gasteiger charge is -2.39. The van der Waals surface area contributed by atoms with E-state index in [9.17, 15) is 0 Å². The van der Waals surface area contributed by atoms with Gasteiger partial charge in [-0.1, -0.05) is 56.5 Å². The smallest absolute Gasteiger partial charge is 0.192 e. The molecule has 0 saturated carbocycles. The zero-order chi connectivity index (χ0) is 22.2. The van der Waals surface area contributed by atoms with Gasteiger partial charge in [-0.2, -0.15) is 0 Å². The predicted molar refractivity (Wildman–Crippen MR) is 129 cm³/mol. The van der Waals surface area contributed by atoms with Gasteiger partial charge in [0.05, 0.1) is 13.2 Å². The van der Waals surface area contributed by atoms with E-state index in [-0.39, 0.29) is 11.1 Å². The number of unbranched alkanes of at least 4 members (excludes halogenated alkanes) is 1. The second-order valence-electron chi connectivity index (χ2n) is 9.05. The first-order valence-electron chi connectivity index (χ1n) is 10.5. The lowest BCUT2D eigenvalue weighted by Crippen LogP contribution is -2.41. The Kier molecular flexibility index (Phi) is 8.97. The van der Waals surface area contributed by atoms with E-state index in [1.54, 1.807) is 7.11 Å². The molecule has 2 rings (SSSR count). The molecule has 1 atom stereocenters. The van der Waals surface area contributed by atoms with E-state index >= 15 is 0 Å². The van der Waals surface area contributed by atoms with E-state index in [1.165, 1.54) is 5.56 Å². The van der Waals surface area contributed by atoms with Crippen LogP contribution in [0.2, 0.25) is 23.3 Å². The Morgan fingerprint density at radius 2 is 1.77 bits per heavy atom. The molecule has 3 nitrogen and oxygen atoms in total. The molecule has 162 valence electrons. The Bertz CT molecular complexity index is 846. The molecule has 1 unspecified atom stereocenters. The van der Waals surface area contributed by atoms with Crippen LogP contribution >= 0.6 is 11.6 Å². The quantitative estimate of drug-likeness (QED) is 0.187. The molecule has 0 amide bonds. The summed E-state index contributed by atoms with van der Waals surface area (Å²) in [6, 6.07) is 11.9. The van der Waals surface area contributed by atoms with E-state index in [1.807, 2.05) is 30.5 Å². The minimum absolute atomic E-state index is 0.0269. The molecule has 0 bridgehead atoms. The van der Waals surface area contributed by atoms with Crippen LogP contribution in [0.4, 0.5) is 0 Å². The van der Waals surface area contributed by atoms with Gasteiger partial charge in [-0.15, -0.1) is 5.92 Å². The van der Waals surface area contributed by atoms with Crippen LogP contribution in [0.3, 0.4) is 0 Å². The number of pyridine rings is 1. The number of hydrogen-bond acceptors (Lipinski definition) is 3. The number of halogens is 1. The van der Waals surface area contributed by atoms with Crippen molar-refractivity contribution in [3.8, 4) is 17.6 Å². The Hall–Kier alpha value is -1.80. The van der Waals surface area contributed by atoms with Crippen LogP contribution in [0, 0.1) is 11.8 Å². The molecule has 0 N–H and O–H groups in total. The maximum atomic E-state index is 6.72. The number of nitrogens with zero attached hydrogens (tertiary/aromatic N) is 1. The normalized spacial score (nSPS) is 12.8. The Morgan fingerprint density at radius 1 is 1.07 bits per heavy atom. The number of benzene rings is 1. The summed E-state index contributed by atoms with van der Waals surface area (Å²) in [7, 11) is -0.221. The van der Waals surface area contributed by atoms with Crippen molar-refractivity contribution in [3.05, 3.63) is 58.9 Å². The van der Waals surface area contributed by atoms with E-state index < -0.39 is 8.32 Å². The molecule has 0 aliphatic rings. The average Bonchev–Trinajstić information content (AvgIpc) is 2.70. The number of methoxy groups -OCH3 is 1. The SMILES string of the molecule is COc1ccc(CC#CCCCC(O[Si](C)(C)C(C)(C)C)c2ccc(Cl)nc2)cc1. The first-order chi connectivity index (χ1) is 14.1. The monoisotopic (exact) mass is 443 g/mol. The van der Waals surface area contributed by atoms with Gasteiger partial charge >= 0.3 is 0 Å². The molecule has 0 radical (unpaired) electrons. The molecule has 0 spiro atoms. The summed E-state index contributed by atoms with van der Waals surface area (Å²) >= 11 is 5.98. The fourth-order valence-electron chi connectivity index (χ4n) is 2.78. The van der Waals surface area contributed by atoms with Crippen LogP contribution in [-0.2, 0) is 10.8 Å². The van der Waals surface area contributed by atoms with Gasteiger partial charge in [0.2, 0.25) is 0 Å². The molecule has 0 saturated heterocycles. The van der Waals surface area contributed by atoms with Crippen molar-refractivity contribution in [1.29, 1.82) is 0 Å². The van der Waals surface area contributed by atoms with Gasteiger partial charge in [-0.3, -0.25) is 0 Å². The summed E-state index contributed by atoms with van der Waals surface area (Å²) in [6.07, 6.45) is 5.39. The second kappa shape index (κ2) is 11.0. The first kappa shape index (κ1) is 24.5. The molecule has 5 heteroatoms. The molecular weight excluding hydrogens is 410 g/mol. The molecule has 1 aromatic heterocycles. The maximum absolute atomic E-state index is 6.72. The van der Waals surface area contributed by atoms with Gasteiger partial charge in [0.25, 0.3) is 0 Å². The summed E-state index contributed by atoms with van der Waals surface area (Å²) in [4.78, 5) is 4.26. The highest BCUT2D eigenvalue weighted by Gasteiger charge is 2.39. The number of hydrogen-bond donors (Lipinski definition) is 0. The van der Waals surface area contributed by atoms with E-state index in [2.05, 4.69) is 62.8 Å². The van der Waals surface area contributed by atoms with Crippen LogP contribution in [-0.4, -0.2) is 20.4 Å². The van der Waals surface area contributed by atoms with Crippen LogP contribution < -0.4 is 4.74 Å². The highest BCUT2D eigenvalue weighted by atomic mass is 35.5. The Balaban J connectivity index is 1.95. The van der Waals surface area contributed by atoms with Crippen molar-refractivity contribution in [2.45, 2.75) is 70.7 Å². The molecule has 0 aliphatic heterocycles. The summed E-state index contributed by atoms with van der Waals surface area (Å²) < 4.78 is 11.9. The molecule has 0 aliphatic carbocycles. The first-order valence-corrected chi connectivity index (χ1v) is 13.8. The van der Waals surface area contributed by atoms with Crippen molar-refractivity contribution >= 4 is 19.9 Å². The molecule has 30 heavy (non-hydrogen) atoms. The molecule has 0 fully saturated rings. The van der Waals surface area contributed by atoms with Gasteiger partial charge < -0.3 is 9.16 Å². The van der Waals surface area contributed by atoms with Crippen molar-refractivity contribution in [2.75, 3.05) is 7.11 Å². The van der Waals surface area contributed by atoms with Crippen molar-refractivity contribution in [1.82, 2.24) is 4.98 Å². The van der Waals surface area contributed by atoms with E-state index in [0.717, 1.165) is 37.0 Å². The summed E-state index contributed by atoms with van der Waals surface area (Å²) in [5, 5.41) is 0.665. The highest BCUT2D eigenvalue weighted by Crippen LogP contribution is 2.40. The molecular formula is C25H34ClNO2Si. The van der Waals surface area contributed by atoms with Crippen molar-refractivity contribution in [3.63, 3.8) is 0 Å². The van der Waals surface area contributed by atoms with Gasteiger partial charge in [0.15, 0.2) is 8.32 Å². The third kappa shape index (κ3) is 7.47. The number of ether oxygens (including phenoxy) is 1. The summed E-state index contributed by atoms with van der Waals surface area (Å²) in [5.74, 6) is 7.46. The maximum Gasteiger partial charge on any atom is 0.192 e. The Morgan fingerprint density at radius 3 is 2.33 bits per heavy atom. The van der Waals surface area contributed by atoms with Gasteiger partial charge in [-0.25, -0.2) is 4.98 Å². The van der Waals surface area contributed by atoms with Crippen molar-refractivity contribution in [2.24, 2.45) is 0 Å². The van der Waals surface area contributed by atoms with Gasteiger partial charge in [0.1, 0.15) is 10.9 Å². The van der Waals surface area contributed by atoms with E-state index in [0.29, 0.717) is 5.15 Å². The lowest BCUT2D eigenvalue weighted by molar-refractivity contribution is 0.171. The van der Waals surface area contributed by atoms with Gasteiger partial charge in [0, 0.05) is 19.0 Å². The Labute approximate surface area is 188 Å². The van der Waals surface area contributed by atoms with Crippen molar-refractivity contribution < 1.29 is 9.16 Å². The van der Waals surface area contributed by atoms with Crippen LogP contribution in [0.5, 0.6) is 5.75 Å². The van der Waals surface area contributed by atoms with Crippen LogP contribution in [0.1, 0.15) is 57.3 Å². The minimum atomic E-state index is -1.90. The molecule has 1 aromatic carbocycles. The van der Waals surface area contributed by atoms with E-state index in [4.69, 9.17) is 20.8 Å². The lowest BCUT2D eigenvalue weighted by atomic mass is 10.1. The molecule has 1 heterocycles. The molecule has 2 aromatic rings. The third-order valence-electron chi connectivity index (χ3n) is 5.71. The van der Waals surface area contributed by atoms with Crippen LogP contribution in [0.25, 0.3) is 0 Å². The topological polar surface area (TPSA) is 31.4 Å². The zero-order valence-corrected chi connectivity index (χ0v) is 20.8. The standard InChI is InChI=1S/C25H34ClNO2Si/c1-25(2,3)30(5,6)29-23(21-15-18-24(26)27-19-21)12-10-8-7-9-11-20-13-16-22(28-4)17-14-20/h13-19,23H,8,10-12H2,1-6H3. The third-order valence-corrected chi connectivity index (χ3v) is 10.4. The van der Waals surface area contributed by atoms with Gasteiger partial charge in [-0.05, 0) is 60.3 Å². The largest absolute Gasteiger partial charge is 0.497 e. The van der Waals surface area contributed by atoms with Crippen LogP contribution in [0.15, 0.2) is 42.6 Å².